The first-order valence-electron chi connectivity index (χ1n) is 12.1. The van der Waals surface area contributed by atoms with Crippen LogP contribution in [-0.2, 0) is 9.53 Å². The largest absolute Gasteiger partial charge is 0.462 e. The van der Waals surface area contributed by atoms with Crippen LogP contribution in [0.1, 0.15) is 116 Å². The van der Waals surface area contributed by atoms with E-state index in [0.717, 1.165) is 12.8 Å². The fourth-order valence-corrected chi connectivity index (χ4v) is 5.39. The minimum Gasteiger partial charge on any atom is -0.462 e. The summed E-state index contributed by atoms with van der Waals surface area (Å²) in [5.74, 6) is -0.258. The topological polar surface area (TPSA) is 26.3 Å². The van der Waals surface area contributed by atoms with Crippen LogP contribution < -0.4 is 0 Å². The lowest BCUT2D eigenvalue weighted by Crippen LogP contribution is -2.05. The highest BCUT2D eigenvalue weighted by Crippen LogP contribution is 2.14. The van der Waals surface area contributed by atoms with Gasteiger partial charge in [-0.1, -0.05) is 115 Å². The van der Waals surface area contributed by atoms with E-state index in [1.165, 1.54) is 102 Å². The Hall–Kier alpha value is 0.00688. The number of halogens is 2. The zero-order valence-electron chi connectivity index (χ0n) is 19.0. The van der Waals surface area contributed by atoms with Crippen LogP contribution in [0.4, 0.5) is 0 Å². The summed E-state index contributed by atoms with van der Waals surface area (Å²) in [6, 6.07) is 1.31. The molecule has 0 aromatic heterocycles. The van der Waals surface area contributed by atoms with E-state index in [9.17, 15) is 4.79 Å². The van der Waals surface area contributed by atoms with Crippen LogP contribution >= 0.6 is 23.2 Å². The molecule has 0 atom stereocenters. The summed E-state index contributed by atoms with van der Waals surface area (Å²) in [6.07, 6.45) is 22.8. The zero-order valence-corrected chi connectivity index (χ0v) is 21.9. The van der Waals surface area contributed by atoms with Gasteiger partial charge in [-0.2, -0.15) is 0 Å². The maximum atomic E-state index is 11.2. The third-order valence-electron chi connectivity index (χ3n) is 5.40. The number of unbranched alkanes of at least 4 members (excludes halogenated alkanes) is 16. The minimum atomic E-state index is -0.258. The van der Waals surface area contributed by atoms with E-state index in [1.807, 2.05) is 0 Å². The molecule has 0 spiro atoms. The Balaban J connectivity index is 3.07. The van der Waals surface area contributed by atoms with Crippen LogP contribution in [0.25, 0.3) is 0 Å². The number of hydrogen-bond donors (Lipinski definition) is 0. The highest BCUT2D eigenvalue weighted by atomic mass is 35.5. The molecule has 5 heteroatoms. The molecule has 29 heavy (non-hydrogen) atoms. The molecule has 0 saturated carbocycles. The summed E-state index contributed by atoms with van der Waals surface area (Å²) >= 11 is 11.6. The van der Waals surface area contributed by atoms with Crippen LogP contribution in [0, 0.1) is 0 Å². The third kappa shape index (κ3) is 24.1. The summed E-state index contributed by atoms with van der Waals surface area (Å²) in [5, 5.41) is 0. The van der Waals surface area contributed by atoms with E-state index < -0.39 is 0 Å². The van der Waals surface area contributed by atoms with Crippen molar-refractivity contribution in [1.82, 2.24) is 0 Å². The second-order valence-electron chi connectivity index (χ2n) is 8.46. The Morgan fingerprint density at radius 2 is 1.07 bits per heavy atom. The van der Waals surface area contributed by atoms with Crippen molar-refractivity contribution in [3.8, 4) is 0 Å². The highest BCUT2D eigenvalue weighted by Gasteiger charge is 2.02. The van der Waals surface area contributed by atoms with Gasteiger partial charge in [0.25, 0.3) is 0 Å². The molecule has 172 valence electrons. The molecule has 0 aromatic carbocycles. The van der Waals surface area contributed by atoms with Gasteiger partial charge < -0.3 is 4.74 Å². The molecular formula is C24H46Cl2O2Si. The second kappa shape index (κ2) is 22.7. The molecule has 0 rings (SSSR count). The van der Waals surface area contributed by atoms with Crippen molar-refractivity contribution >= 4 is 38.7 Å². The fourth-order valence-electron chi connectivity index (χ4n) is 3.52. The Morgan fingerprint density at radius 3 is 1.41 bits per heavy atom. The van der Waals surface area contributed by atoms with E-state index in [-0.39, 0.29) is 19.9 Å². The van der Waals surface area contributed by atoms with E-state index in [0.29, 0.717) is 12.2 Å². The standard InChI is InChI=1S/C24H46Cl2O2Si/c1-22(2)23(27)28-20-18-16-14-12-10-8-6-4-3-5-7-9-11-13-15-17-19-21-29-24(25)26/h24H,1,3-21,29H2,2H3. The Bertz CT molecular complexity index is 389. The van der Waals surface area contributed by atoms with E-state index in [1.54, 1.807) is 6.92 Å². The first-order valence-corrected chi connectivity index (χ1v) is 14.8. The van der Waals surface area contributed by atoms with Gasteiger partial charge in [0.1, 0.15) is 0 Å². The summed E-state index contributed by atoms with van der Waals surface area (Å²) in [4.78, 5) is 11.2. The number of hydrogen-bond acceptors (Lipinski definition) is 2. The molecule has 0 heterocycles. The molecule has 0 aliphatic rings. The summed E-state index contributed by atoms with van der Waals surface area (Å²) in [5.41, 5.74) is 0.488. The van der Waals surface area contributed by atoms with Crippen LogP contribution in [0.5, 0.6) is 0 Å². The van der Waals surface area contributed by atoms with E-state index in [2.05, 4.69) is 6.58 Å². The van der Waals surface area contributed by atoms with Crippen molar-refractivity contribution < 1.29 is 9.53 Å². The number of carbonyl (C=O) groups excluding carboxylic acids is 1. The SMILES string of the molecule is C=C(C)C(=O)OCCCCCCCCCCCCCCCCCCC[SiH2]C(Cl)Cl. The third-order valence-corrected chi connectivity index (χ3v) is 8.05. The zero-order chi connectivity index (χ0) is 21.6. The van der Waals surface area contributed by atoms with Gasteiger partial charge in [0.05, 0.1) is 20.6 Å². The summed E-state index contributed by atoms with van der Waals surface area (Å²) in [6.45, 7) is 5.81. The van der Waals surface area contributed by atoms with Gasteiger partial charge in [-0.05, 0) is 13.3 Å². The van der Waals surface area contributed by atoms with Crippen LogP contribution in [0.15, 0.2) is 12.2 Å². The molecule has 0 radical (unpaired) electrons. The second-order valence-corrected chi connectivity index (χ2v) is 12.9. The molecule has 0 saturated heterocycles. The Kier molecular flexibility index (Phi) is 22.7. The highest BCUT2D eigenvalue weighted by molar-refractivity contribution is 6.68. The molecule has 0 bridgehead atoms. The number of alkyl halides is 2. The summed E-state index contributed by atoms with van der Waals surface area (Å²) < 4.78 is 5.06. The van der Waals surface area contributed by atoms with Crippen molar-refractivity contribution in [3.05, 3.63) is 12.2 Å². The lowest BCUT2D eigenvalue weighted by molar-refractivity contribution is -0.139. The van der Waals surface area contributed by atoms with Gasteiger partial charge >= 0.3 is 5.97 Å². The maximum Gasteiger partial charge on any atom is 0.333 e. The molecule has 0 amide bonds. The van der Waals surface area contributed by atoms with Crippen molar-refractivity contribution in [2.75, 3.05) is 6.61 Å². The van der Waals surface area contributed by atoms with Gasteiger partial charge in [0.2, 0.25) is 0 Å². The van der Waals surface area contributed by atoms with Crippen molar-refractivity contribution in [3.63, 3.8) is 0 Å². The van der Waals surface area contributed by atoms with Gasteiger partial charge in [0, 0.05) is 5.57 Å². The fraction of sp³-hybridized carbons (Fsp3) is 0.875. The first kappa shape index (κ1) is 29.0. The minimum absolute atomic E-state index is 0.0357. The number of esters is 1. The average Bonchev–Trinajstić information content (AvgIpc) is 2.68. The molecule has 0 aromatic rings. The molecule has 0 unspecified atom stereocenters. The molecular weight excluding hydrogens is 419 g/mol. The normalized spacial score (nSPS) is 11.6. The average molecular weight is 466 g/mol. The predicted molar refractivity (Wildman–Crippen MR) is 133 cm³/mol. The van der Waals surface area contributed by atoms with Crippen molar-refractivity contribution in [1.29, 1.82) is 0 Å². The van der Waals surface area contributed by atoms with Gasteiger partial charge in [0.15, 0.2) is 0 Å². The van der Waals surface area contributed by atoms with Crippen LogP contribution in [-0.4, -0.2) is 26.6 Å². The molecule has 2 nitrogen and oxygen atoms in total. The number of ether oxygens (including phenoxy) is 1. The smallest absolute Gasteiger partial charge is 0.333 e. The lowest BCUT2D eigenvalue weighted by Gasteiger charge is -2.05. The number of carbonyl (C=O) groups is 1. The van der Waals surface area contributed by atoms with E-state index >= 15 is 0 Å². The Morgan fingerprint density at radius 1 is 0.724 bits per heavy atom. The van der Waals surface area contributed by atoms with Crippen LogP contribution in [0.2, 0.25) is 6.04 Å². The maximum absolute atomic E-state index is 11.2. The monoisotopic (exact) mass is 464 g/mol. The lowest BCUT2D eigenvalue weighted by atomic mass is 10.0. The quantitative estimate of drug-likeness (QED) is 0.0531. The van der Waals surface area contributed by atoms with E-state index in [4.69, 9.17) is 27.9 Å². The van der Waals surface area contributed by atoms with Gasteiger partial charge in [-0.25, -0.2) is 4.79 Å². The molecule has 0 aliphatic carbocycles. The first-order chi connectivity index (χ1) is 14.0. The molecule has 0 aliphatic heterocycles. The number of rotatable bonds is 22. The summed E-state index contributed by atoms with van der Waals surface area (Å²) in [7, 11) is -0.213. The Labute approximate surface area is 193 Å². The molecule has 0 fully saturated rings. The molecule has 0 N–H and O–H groups in total. The van der Waals surface area contributed by atoms with Gasteiger partial charge in [-0.15, -0.1) is 23.2 Å². The van der Waals surface area contributed by atoms with Crippen molar-refractivity contribution in [2.45, 2.75) is 127 Å². The van der Waals surface area contributed by atoms with Crippen LogP contribution in [0.3, 0.4) is 0 Å². The van der Waals surface area contributed by atoms with Crippen molar-refractivity contribution in [2.24, 2.45) is 0 Å². The predicted octanol–water partition coefficient (Wildman–Crippen LogP) is 8.09. The van der Waals surface area contributed by atoms with Gasteiger partial charge in [-0.3, -0.25) is 0 Å².